The second-order valence-corrected chi connectivity index (χ2v) is 5.61. The van der Waals surface area contributed by atoms with Crippen LogP contribution in [0.4, 0.5) is 0 Å². The van der Waals surface area contributed by atoms with Gasteiger partial charge in [0.1, 0.15) is 11.5 Å². The lowest BCUT2D eigenvalue weighted by molar-refractivity contribution is -0.182. The highest BCUT2D eigenvalue weighted by molar-refractivity contribution is 5.91. The van der Waals surface area contributed by atoms with E-state index in [1.54, 1.807) is 9.47 Å². The van der Waals surface area contributed by atoms with Crippen molar-refractivity contribution in [1.82, 2.24) is 19.5 Å². The molecule has 0 bridgehead atoms. The van der Waals surface area contributed by atoms with Crippen molar-refractivity contribution in [2.45, 2.75) is 32.4 Å². The Hall–Kier alpha value is -1.93. The number of imidazole rings is 1. The summed E-state index contributed by atoms with van der Waals surface area (Å²) < 4.78 is 1.79. The minimum atomic E-state index is -0.485. The van der Waals surface area contributed by atoms with Gasteiger partial charge in [0, 0.05) is 32.6 Å². The van der Waals surface area contributed by atoms with Gasteiger partial charge in [-0.25, -0.2) is 4.98 Å². The van der Waals surface area contributed by atoms with Crippen LogP contribution in [0.3, 0.4) is 0 Å². The van der Waals surface area contributed by atoms with Crippen LogP contribution in [0.1, 0.15) is 35.6 Å². The van der Waals surface area contributed by atoms with Gasteiger partial charge >= 0.3 is 0 Å². The zero-order valence-electron chi connectivity index (χ0n) is 12.5. The molecular weight excluding hydrogens is 286 g/mol. The van der Waals surface area contributed by atoms with E-state index in [1.807, 2.05) is 5.06 Å². The number of amides is 2. The van der Waals surface area contributed by atoms with Gasteiger partial charge in [-0.05, 0) is 12.8 Å². The molecule has 2 aliphatic heterocycles. The number of nitrogens with two attached hydrogens (primary N) is 1. The summed E-state index contributed by atoms with van der Waals surface area (Å²) in [6, 6.07) is 0. The number of carbonyl (C=O) groups is 2. The van der Waals surface area contributed by atoms with Gasteiger partial charge in [-0.1, -0.05) is 0 Å². The summed E-state index contributed by atoms with van der Waals surface area (Å²) in [5, 5.41) is 1.87. The molecular formula is C14H21N5O3. The standard InChI is InChI=1S/C14H21N5O3/c15-14(21)11-9-16-12-10-17(6-7-19(11)12)13(20)3-5-18-4-1-2-8-22-18/h9H,1-8,10H2,(H2,15,21). The fourth-order valence-corrected chi connectivity index (χ4v) is 2.87. The molecule has 0 aliphatic carbocycles. The van der Waals surface area contributed by atoms with Gasteiger partial charge in [0.05, 0.1) is 19.3 Å². The van der Waals surface area contributed by atoms with Gasteiger partial charge in [-0.15, -0.1) is 0 Å². The second kappa shape index (κ2) is 6.45. The molecule has 120 valence electrons. The highest BCUT2D eigenvalue weighted by Crippen LogP contribution is 2.15. The van der Waals surface area contributed by atoms with Crippen LogP contribution in [0.5, 0.6) is 0 Å². The smallest absolute Gasteiger partial charge is 0.266 e. The van der Waals surface area contributed by atoms with Crippen LogP contribution >= 0.6 is 0 Å². The third-order valence-corrected chi connectivity index (χ3v) is 4.12. The molecule has 0 radical (unpaired) electrons. The maximum atomic E-state index is 12.3. The van der Waals surface area contributed by atoms with E-state index in [-0.39, 0.29) is 5.91 Å². The molecule has 2 N–H and O–H groups in total. The van der Waals surface area contributed by atoms with E-state index in [0.29, 0.717) is 44.1 Å². The van der Waals surface area contributed by atoms with Crippen LogP contribution in [0, 0.1) is 0 Å². The van der Waals surface area contributed by atoms with E-state index in [2.05, 4.69) is 4.98 Å². The molecule has 0 unspecified atom stereocenters. The molecule has 0 aromatic carbocycles. The molecule has 8 heteroatoms. The summed E-state index contributed by atoms with van der Waals surface area (Å²) in [6.45, 7) is 3.80. The fraction of sp³-hybridized carbons (Fsp3) is 0.643. The Kier molecular flexibility index (Phi) is 4.39. The fourth-order valence-electron chi connectivity index (χ4n) is 2.87. The number of aromatic nitrogens is 2. The lowest BCUT2D eigenvalue weighted by Crippen LogP contribution is -2.41. The van der Waals surface area contributed by atoms with Crippen molar-refractivity contribution >= 4 is 11.8 Å². The van der Waals surface area contributed by atoms with E-state index in [1.165, 1.54) is 6.20 Å². The molecule has 3 heterocycles. The Morgan fingerprint density at radius 3 is 2.86 bits per heavy atom. The average molecular weight is 307 g/mol. The summed E-state index contributed by atoms with van der Waals surface area (Å²) in [5.74, 6) is 0.312. The maximum Gasteiger partial charge on any atom is 0.266 e. The zero-order chi connectivity index (χ0) is 15.5. The molecule has 0 saturated carbocycles. The van der Waals surface area contributed by atoms with Crippen LogP contribution in [0.2, 0.25) is 0 Å². The summed E-state index contributed by atoms with van der Waals surface area (Å²) in [6.07, 6.45) is 4.11. The number of fused-ring (bicyclic) bond motifs is 1. The molecule has 0 atom stereocenters. The van der Waals surface area contributed by atoms with Crippen molar-refractivity contribution in [3.8, 4) is 0 Å². The average Bonchev–Trinajstić information content (AvgIpc) is 2.97. The van der Waals surface area contributed by atoms with Crippen molar-refractivity contribution < 1.29 is 14.4 Å². The minimum absolute atomic E-state index is 0.0871. The Labute approximate surface area is 128 Å². The first-order chi connectivity index (χ1) is 10.6. The van der Waals surface area contributed by atoms with Crippen LogP contribution in [0.25, 0.3) is 0 Å². The number of carbonyl (C=O) groups excluding carboxylic acids is 2. The van der Waals surface area contributed by atoms with Crippen LogP contribution in [-0.4, -0.2) is 57.6 Å². The molecule has 2 amide bonds. The maximum absolute atomic E-state index is 12.3. The third-order valence-electron chi connectivity index (χ3n) is 4.12. The Morgan fingerprint density at radius 1 is 1.27 bits per heavy atom. The van der Waals surface area contributed by atoms with Crippen molar-refractivity contribution in [1.29, 1.82) is 0 Å². The Bertz CT molecular complexity index is 565. The predicted molar refractivity (Wildman–Crippen MR) is 77.5 cm³/mol. The number of primary amides is 1. The monoisotopic (exact) mass is 307 g/mol. The number of hydrogen-bond donors (Lipinski definition) is 1. The normalized spacial score (nSPS) is 19.0. The quantitative estimate of drug-likeness (QED) is 0.827. The minimum Gasteiger partial charge on any atom is -0.364 e. The highest BCUT2D eigenvalue weighted by Gasteiger charge is 2.25. The third kappa shape index (κ3) is 3.12. The lowest BCUT2D eigenvalue weighted by Gasteiger charge is -2.30. The zero-order valence-corrected chi connectivity index (χ0v) is 12.5. The van der Waals surface area contributed by atoms with Crippen LogP contribution in [0.15, 0.2) is 6.20 Å². The number of hydrogen-bond acceptors (Lipinski definition) is 5. The summed E-state index contributed by atoms with van der Waals surface area (Å²) in [5.41, 5.74) is 5.71. The predicted octanol–water partition coefficient (Wildman–Crippen LogP) is -0.258. The van der Waals surface area contributed by atoms with E-state index < -0.39 is 5.91 Å². The summed E-state index contributed by atoms with van der Waals surface area (Å²) in [7, 11) is 0. The van der Waals surface area contributed by atoms with Gasteiger partial charge in [-0.2, -0.15) is 5.06 Å². The van der Waals surface area contributed by atoms with E-state index in [9.17, 15) is 9.59 Å². The van der Waals surface area contributed by atoms with Crippen molar-refractivity contribution in [3.05, 3.63) is 17.7 Å². The van der Waals surface area contributed by atoms with Gasteiger partial charge in [0.2, 0.25) is 5.91 Å². The number of rotatable bonds is 4. The van der Waals surface area contributed by atoms with Gasteiger partial charge in [0.15, 0.2) is 0 Å². The number of nitrogens with zero attached hydrogens (tertiary/aromatic N) is 4. The molecule has 0 spiro atoms. The molecule has 1 saturated heterocycles. The van der Waals surface area contributed by atoms with Crippen molar-refractivity contribution in [2.24, 2.45) is 5.73 Å². The largest absolute Gasteiger partial charge is 0.364 e. The number of hydroxylamine groups is 2. The van der Waals surface area contributed by atoms with E-state index >= 15 is 0 Å². The molecule has 1 aromatic rings. The van der Waals surface area contributed by atoms with Crippen molar-refractivity contribution in [3.63, 3.8) is 0 Å². The molecule has 22 heavy (non-hydrogen) atoms. The first-order valence-electron chi connectivity index (χ1n) is 7.65. The highest BCUT2D eigenvalue weighted by atomic mass is 16.7. The van der Waals surface area contributed by atoms with Crippen LogP contribution in [-0.2, 0) is 22.7 Å². The van der Waals surface area contributed by atoms with E-state index in [4.69, 9.17) is 10.6 Å². The molecule has 8 nitrogen and oxygen atoms in total. The second-order valence-electron chi connectivity index (χ2n) is 5.61. The first-order valence-corrected chi connectivity index (χ1v) is 7.65. The Morgan fingerprint density at radius 2 is 2.14 bits per heavy atom. The van der Waals surface area contributed by atoms with Crippen molar-refractivity contribution in [2.75, 3.05) is 26.2 Å². The SMILES string of the molecule is NC(=O)c1cnc2n1CCN(C(=O)CCN1CCCCO1)C2. The lowest BCUT2D eigenvalue weighted by atomic mass is 10.2. The van der Waals surface area contributed by atoms with Crippen LogP contribution < -0.4 is 5.73 Å². The van der Waals surface area contributed by atoms with Gasteiger partial charge in [0.25, 0.3) is 5.91 Å². The Balaban J connectivity index is 1.55. The van der Waals surface area contributed by atoms with E-state index in [0.717, 1.165) is 26.0 Å². The molecule has 1 aromatic heterocycles. The topological polar surface area (TPSA) is 93.7 Å². The van der Waals surface area contributed by atoms with Gasteiger partial charge in [-0.3, -0.25) is 14.4 Å². The summed E-state index contributed by atoms with van der Waals surface area (Å²) >= 11 is 0. The molecule has 2 aliphatic rings. The molecule has 1 fully saturated rings. The first kappa shape index (κ1) is 15.0. The summed E-state index contributed by atoms with van der Waals surface area (Å²) in [4.78, 5) is 35.1. The van der Waals surface area contributed by atoms with Gasteiger partial charge < -0.3 is 15.2 Å². The molecule has 3 rings (SSSR count).